The van der Waals surface area contributed by atoms with Crippen LogP contribution in [0.25, 0.3) is 0 Å². The van der Waals surface area contributed by atoms with Crippen molar-refractivity contribution in [2.75, 3.05) is 20.3 Å². The molecule has 1 unspecified atom stereocenters. The van der Waals surface area contributed by atoms with Gasteiger partial charge in [0.1, 0.15) is 10.6 Å². The lowest BCUT2D eigenvalue weighted by Crippen LogP contribution is -2.41. The Hall–Kier alpha value is -1.38. The molecule has 1 aromatic heterocycles. The van der Waals surface area contributed by atoms with E-state index in [9.17, 15) is 13.2 Å². The van der Waals surface area contributed by atoms with Crippen LogP contribution in [0.4, 0.5) is 0 Å². The van der Waals surface area contributed by atoms with E-state index in [0.29, 0.717) is 13.2 Å². The fourth-order valence-electron chi connectivity index (χ4n) is 2.04. The molecule has 0 saturated heterocycles. The number of amides is 1. The molecular weight excluding hydrogens is 282 g/mol. The number of hydrogen-bond donors (Lipinski definition) is 1. The monoisotopic (exact) mass is 303 g/mol. The lowest BCUT2D eigenvalue weighted by atomic mass is 10.2. The molecule has 0 aromatic carbocycles. The molecule has 1 heterocycles. The van der Waals surface area contributed by atoms with Crippen LogP contribution in [0.15, 0.2) is 17.2 Å². The number of likely N-dealkylation sites (N-methyl/N-ethyl adjacent to an activating group) is 1. The maximum absolute atomic E-state index is 12.5. The minimum Gasteiger partial charge on any atom is -0.383 e. The van der Waals surface area contributed by atoms with E-state index in [2.05, 4.69) is 0 Å². The molecule has 0 saturated carbocycles. The number of hydrogen-bond acceptors (Lipinski definition) is 4. The van der Waals surface area contributed by atoms with Gasteiger partial charge in [-0.1, -0.05) is 0 Å². The van der Waals surface area contributed by atoms with Crippen molar-refractivity contribution in [3.05, 3.63) is 18.0 Å². The Labute approximate surface area is 119 Å². The molecule has 1 rings (SSSR count). The molecule has 1 atom stereocenters. The quantitative estimate of drug-likeness (QED) is 0.810. The number of nitrogens with two attached hydrogens (primary N) is 1. The minimum absolute atomic E-state index is 0.0706. The Morgan fingerprint density at radius 3 is 2.55 bits per heavy atom. The first kappa shape index (κ1) is 16.7. The van der Waals surface area contributed by atoms with E-state index in [0.717, 1.165) is 0 Å². The van der Waals surface area contributed by atoms with E-state index in [4.69, 9.17) is 9.88 Å². The molecular formula is C12H21N3O4S. The van der Waals surface area contributed by atoms with Crippen molar-refractivity contribution < 1.29 is 17.9 Å². The summed E-state index contributed by atoms with van der Waals surface area (Å²) < 4.78 is 29.1. The predicted octanol–water partition coefficient (Wildman–Crippen LogP) is 0.170. The van der Waals surface area contributed by atoms with Crippen molar-refractivity contribution in [3.63, 3.8) is 0 Å². The van der Waals surface area contributed by atoms with Crippen molar-refractivity contribution >= 4 is 15.9 Å². The normalized spacial score (nSPS) is 13.2. The van der Waals surface area contributed by atoms with Crippen molar-refractivity contribution in [1.82, 2.24) is 9.47 Å². The smallest absolute Gasteiger partial charge is 0.270 e. The van der Waals surface area contributed by atoms with Gasteiger partial charge in [0.25, 0.3) is 5.91 Å². The number of ether oxygens (including phenoxy) is 1. The maximum atomic E-state index is 12.5. The average molecular weight is 303 g/mol. The third kappa shape index (κ3) is 3.59. The summed E-state index contributed by atoms with van der Waals surface area (Å²) in [5.74, 6) is -0.255. The number of aromatic nitrogens is 1. The highest BCUT2D eigenvalue weighted by molar-refractivity contribution is 7.89. The second kappa shape index (κ2) is 6.38. The fourth-order valence-corrected chi connectivity index (χ4v) is 2.62. The highest BCUT2D eigenvalue weighted by Crippen LogP contribution is 2.15. The Kier molecular flexibility index (Phi) is 5.32. The van der Waals surface area contributed by atoms with Crippen LogP contribution in [0.2, 0.25) is 0 Å². The van der Waals surface area contributed by atoms with Crippen molar-refractivity contribution in [1.29, 1.82) is 0 Å². The molecule has 1 amide bonds. The molecule has 0 spiro atoms. The molecule has 8 heteroatoms. The molecule has 0 aliphatic heterocycles. The lowest BCUT2D eigenvalue weighted by molar-refractivity contribution is 0.0570. The van der Waals surface area contributed by atoms with Crippen LogP contribution in [0.1, 0.15) is 24.3 Å². The molecule has 0 aliphatic rings. The first-order chi connectivity index (χ1) is 9.22. The van der Waals surface area contributed by atoms with E-state index >= 15 is 0 Å². The highest BCUT2D eigenvalue weighted by Gasteiger charge is 2.24. The standard InChI is InChI=1S/C12H21N3O4S/c1-5-15(9(2)8-19-4)12(16)11-6-10(7-14(11)3)20(13,17)18/h6-7,9H,5,8H2,1-4H3,(H2,13,17,18). The molecule has 0 fully saturated rings. The molecule has 1 aromatic rings. The van der Waals surface area contributed by atoms with Crippen molar-refractivity contribution in [2.24, 2.45) is 12.2 Å². The van der Waals surface area contributed by atoms with Crippen LogP contribution in [0, 0.1) is 0 Å². The first-order valence-corrected chi connectivity index (χ1v) is 7.76. The summed E-state index contributed by atoms with van der Waals surface area (Å²) in [5, 5.41) is 5.07. The van der Waals surface area contributed by atoms with Gasteiger partial charge in [0.05, 0.1) is 12.6 Å². The van der Waals surface area contributed by atoms with Gasteiger partial charge in [-0.3, -0.25) is 4.79 Å². The zero-order valence-corrected chi connectivity index (χ0v) is 13.0. The summed E-state index contributed by atoms with van der Waals surface area (Å²) in [6.07, 6.45) is 1.33. The van der Waals surface area contributed by atoms with Crippen LogP contribution < -0.4 is 5.14 Å². The molecule has 7 nitrogen and oxygen atoms in total. The van der Waals surface area contributed by atoms with Crippen LogP contribution >= 0.6 is 0 Å². The van der Waals surface area contributed by atoms with Gasteiger partial charge in [-0.25, -0.2) is 13.6 Å². The summed E-state index contributed by atoms with van der Waals surface area (Å²) in [6.45, 7) is 4.63. The van der Waals surface area contributed by atoms with Crippen LogP contribution in [0.3, 0.4) is 0 Å². The molecule has 20 heavy (non-hydrogen) atoms. The van der Waals surface area contributed by atoms with Gasteiger partial charge in [0, 0.05) is 26.9 Å². The van der Waals surface area contributed by atoms with Gasteiger partial charge < -0.3 is 14.2 Å². The fraction of sp³-hybridized carbons (Fsp3) is 0.583. The second-order valence-corrected chi connectivity index (χ2v) is 6.17. The van der Waals surface area contributed by atoms with E-state index in [1.165, 1.54) is 16.8 Å². The van der Waals surface area contributed by atoms with Gasteiger partial charge in [-0.15, -0.1) is 0 Å². The molecule has 2 N–H and O–H groups in total. The Morgan fingerprint density at radius 1 is 1.55 bits per heavy atom. The summed E-state index contributed by atoms with van der Waals surface area (Å²) >= 11 is 0. The number of carbonyl (C=O) groups is 1. The average Bonchev–Trinajstić information content (AvgIpc) is 2.72. The molecule has 0 aliphatic carbocycles. The Morgan fingerprint density at radius 2 is 2.15 bits per heavy atom. The number of methoxy groups -OCH3 is 1. The van der Waals surface area contributed by atoms with E-state index in [1.807, 2.05) is 13.8 Å². The van der Waals surface area contributed by atoms with E-state index < -0.39 is 10.0 Å². The topological polar surface area (TPSA) is 94.6 Å². The Balaban J connectivity index is 3.10. The van der Waals surface area contributed by atoms with Crippen molar-refractivity contribution in [3.8, 4) is 0 Å². The van der Waals surface area contributed by atoms with Crippen LogP contribution in [-0.4, -0.2) is 50.1 Å². The number of primary sulfonamides is 1. The van der Waals surface area contributed by atoms with Gasteiger partial charge >= 0.3 is 0 Å². The van der Waals surface area contributed by atoms with Gasteiger partial charge in [-0.2, -0.15) is 0 Å². The van der Waals surface area contributed by atoms with Crippen LogP contribution in [0.5, 0.6) is 0 Å². The molecule has 114 valence electrons. The van der Waals surface area contributed by atoms with Crippen molar-refractivity contribution in [2.45, 2.75) is 24.8 Å². The Bertz CT molecular complexity index is 580. The second-order valence-electron chi connectivity index (χ2n) is 4.61. The summed E-state index contributed by atoms with van der Waals surface area (Å²) in [7, 11) is -0.643. The van der Waals surface area contributed by atoms with E-state index in [1.54, 1.807) is 19.1 Å². The molecule has 0 bridgehead atoms. The predicted molar refractivity (Wildman–Crippen MR) is 74.8 cm³/mol. The van der Waals surface area contributed by atoms with Crippen LogP contribution in [-0.2, 0) is 21.8 Å². The van der Waals surface area contributed by atoms with E-state index in [-0.39, 0.29) is 22.5 Å². The minimum atomic E-state index is -3.82. The SMILES string of the molecule is CCN(C(=O)c1cc(S(N)(=O)=O)cn1C)C(C)COC. The lowest BCUT2D eigenvalue weighted by Gasteiger charge is -2.27. The summed E-state index contributed by atoms with van der Waals surface area (Å²) in [6, 6.07) is 1.19. The number of rotatable bonds is 6. The van der Waals surface area contributed by atoms with Gasteiger partial charge in [0.15, 0.2) is 0 Å². The molecule has 0 radical (unpaired) electrons. The largest absolute Gasteiger partial charge is 0.383 e. The number of carbonyl (C=O) groups excluding carboxylic acids is 1. The zero-order valence-electron chi connectivity index (χ0n) is 12.2. The zero-order chi connectivity index (χ0) is 15.5. The third-order valence-corrected chi connectivity index (χ3v) is 3.95. The highest BCUT2D eigenvalue weighted by atomic mass is 32.2. The number of sulfonamides is 1. The number of aryl methyl sites for hydroxylation is 1. The summed E-state index contributed by atoms with van der Waals surface area (Å²) in [4.78, 5) is 14.0. The van der Waals surface area contributed by atoms with Gasteiger partial charge in [-0.05, 0) is 19.9 Å². The first-order valence-electron chi connectivity index (χ1n) is 6.21. The maximum Gasteiger partial charge on any atom is 0.270 e. The number of nitrogens with zero attached hydrogens (tertiary/aromatic N) is 2. The summed E-state index contributed by atoms with van der Waals surface area (Å²) in [5.41, 5.74) is 0.277. The third-order valence-electron chi connectivity index (χ3n) is 3.07. The van der Waals surface area contributed by atoms with Gasteiger partial charge in [0.2, 0.25) is 10.0 Å².